The summed E-state index contributed by atoms with van der Waals surface area (Å²) in [7, 11) is 2.16. The average molecular weight is 124 g/mol. The van der Waals surface area contributed by atoms with Crippen molar-refractivity contribution < 1.29 is 0 Å². The van der Waals surface area contributed by atoms with Crippen LogP contribution in [0.4, 0.5) is 0 Å². The van der Waals surface area contributed by atoms with Crippen molar-refractivity contribution in [2.45, 2.75) is 0 Å². The molecule has 2 rings (SSSR count). The molecule has 0 unspecified atom stereocenters. The highest BCUT2D eigenvalue weighted by Crippen LogP contribution is 2.18. The molecule has 0 spiro atoms. The Labute approximate surface area is 55.5 Å². The minimum Gasteiger partial charge on any atom is -0.309 e. The molecule has 2 fully saturated rings. The molecule has 0 amide bonds. The molecule has 0 bridgehead atoms. The first-order chi connectivity index (χ1) is 4.36. The van der Waals surface area contributed by atoms with Gasteiger partial charge in [0.05, 0.1) is 0 Å². The molecule has 0 aliphatic carbocycles. The third kappa shape index (κ3) is 0.787. The van der Waals surface area contributed by atoms with Crippen LogP contribution in [0.1, 0.15) is 0 Å². The van der Waals surface area contributed by atoms with Crippen molar-refractivity contribution >= 4 is 0 Å². The third-order valence-corrected chi connectivity index (χ3v) is 2.10. The molecular formula is C7H12N2. The number of likely N-dealkylation sites (N-methyl/N-ethyl adjacent to an activating group) is 1. The van der Waals surface area contributed by atoms with Crippen LogP contribution in [0.5, 0.6) is 0 Å². The van der Waals surface area contributed by atoms with Gasteiger partial charge in [-0.25, -0.2) is 0 Å². The lowest BCUT2D eigenvalue weighted by Crippen LogP contribution is -2.44. The molecule has 2 saturated heterocycles. The molecule has 2 aliphatic rings. The van der Waals surface area contributed by atoms with Crippen molar-refractivity contribution in [2.24, 2.45) is 0 Å². The minimum atomic E-state index is 1.16. The van der Waals surface area contributed by atoms with Crippen LogP contribution in [-0.2, 0) is 0 Å². The first-order valence-electron chi connectivity index (χ1n) is 3.45. The highest BCUT2D eigenvalue weighted by molar-refractivity contribution is 5.29. The van der Waals surface area contributed by atoms with Gasteiger partial charge in [0.2, 0.25) is 0 Å². The van der Waals surface area contributed by atoms with Gasteiger partial charge in [0, 0.05) is 26.2 Å². The molecule has 0 radical (unpaired) electrons. The van der Waals surface area contributed by atoms with Crippen molar-refractivity contribution in [1.29, 1.82) is 0 Å². The van der Waals surface area contributed by atoms with Crippen molar-refractivity contribution in [3.05, 3.63) is 11.1 Å². The first kappa shape index (κ1) is 5.45. The van der Waals surface area contributed by atoms with E-state index in [-0.39, 0.29) is 0 Å². The van der Waals surface area contributed by atoms with E-state index < -0.39 is 0 Å². The van der Waals surface area contributed by atoms with Gasteiger partial charge >= 0.3 is 0 Å². The Morgan fingerprint density at radius 1 is 1.22 bits per heavy atom. The first-order valence-corrected chi connectivity index (χ1v) is 3.45. The van der Waals surface area contributed by atoms with Gasteiger partial charge in [0.15, 0.2) is 0 Å². The maximum atomic E-state index is 3.25. The predicted octanol–water partition coefficient (Wildman–Crippen LogP) is -0.168. The van der Waals surface area contributed by atoms with Crippen LogP contribution >= 0.6 is 0 Å². The number of rotatable bonds is 0. The Morgan fingerprint density at radius 2 is 1.89 bits per heavy atom. The third-order valence-electron chi connectivity index (χ3n) is 2.10. The predicted molar refractivity (Wildman–Crippen MR) is 37.4 cm³/mol. The number of likely N-dealkylation sites (tertiary alicyclic amines) is 1. The molecular weight excluding hydrogens is 112 g/mol. The minimum absolute atomic E-state index is 1.16. The zero-order valence-electron chi connectivity index (χ0n) is 5.78. The molecule has 1 N–H and O–H groups in total. The summed E-state index contributed by atoms with van der Waals surface area (Å²) in [4.78, 5) is 2.33. The van der Waals surface area contributed by atoms with Crippen LogP contribution < -0.4 is 5.32 Å². The summed E-state index contributed by atoms with van der Waals surface area (Å²) in [5.74, 6) is 0. The van der Waals surface area contributed by atoms with E-state index in [0.29, 0.717) is 0 Å². The van der Waals surface area contributed by atoms with Crippen molar-refractivity contribution in [1.82, 2.24) is 10.2 Å². The molecule has 9 heavy (non-hydrogen) atoms. The molecule has 2 heteroatoms. The summed E-state index contributed by atoms with van der Waals surface area (Å²) >= 11 is 0. The molecule has 50 valence electrons. The Kier molecular flexibility index (Phi) is 1.10. The lowest BCUT2D eigenvalue weighted by atomic mass is 9.98. The molecule has 2 nitrogen and oxygen atoms in total. The largest absolute Gasteiger partial charge is 0.309 e. The van der Waals surface area contributed by atoms with E-state index in [9.17, 15) is 0 Å². The maximum absolute atomic E-state index is 3.25. The molecule has 2 heterocycles. The zero-order valence-corrected chi connectivity index (χ0v) is 5.78. The highest BCUT2D eigenvalue weighted by atomic mass is 15.2. The average Bonchev–Trinajstić information content (AvgIpc) is 1.57. The summed E-state index contributed by atoms with van der Waals surface area (Å²) in [6, 6.07) is 0. The highest BCUT2D eigenvalue weighted by Gasteiger charge is 2.22. The standard InChI is InChI=1S/C7H12N2/c1-9-4-7(5-9)6-2-8-3-6/h8H,2-5H2,1H3. The number of nitrogens with one attached hydrogen (secondary N) is 1. The second-order valence-corrected chi connectivity index (χ2v) is 2.98. The normalized spacial score (nSPS) is 27.7. The molecule has 0 aromatic heterocycles. The van der Waals surface area contributed by atoms with Gasteiger partial charge in [-0.15, -0.1) is 0 Å². The van der Waals surface area contributed by atoms with Crippen LogP contribution in [0.3, 0.4) is 0 Å². The van der Waals surface area contributed by atoms with Gasteiger partial charge in [-0.2, -0.15) is 0 Å². The quantitative estimate of drug-likeness (QED) is 0.451. The second-order valence-electron chi connectivity index (χ2n) is 2.98. The second kappa shape index (κ2) is 1.82. The van der Waals surface area contributed by atoms with E-state index in [4.69, 9.17) is 0 Å². The fourth-order valence-corrected chi connectivity index (χ4v) is 1.33. The fourth-order valence-electron chi connectivity index (χ4n) is 1.33. The lowest BCUT2D eigenvalue weighted by Gasteiger charge is -2.35. The van der Waals surface area contributed by atoms with Crippen molar-refractivity contribution in [2.75, 3.05) is 33.2 Å². The van der Waals surface area contributed by atoms with E-state index in [1.54, 1.807) is 11.1 Å². The van der Waals surface area contributed by atoms with E-state index in [1.807, 2.05) is 0 Å². The number of hydrogen-bond acceptors (Lipinski definition) is 2. The van der Waals surface area contributed by atoms with Crippen LogP contribution in [0.25, 0.3) is 0 Å². The SMILES string of the molecule is CN1CC(=C2CNC2)C1. The Hall–Kier alpha value is -0.340. The number of nitrogens with zero attached hydrogens (tertiary/aromatic N) is 1. The monoisotopic (exact) mass is 124 g/mol. The summed E-state index contributed by atoms with van der Waals surface area (Å²) in [6.07, 6.45) is 0. The van der Waals surface area contributed by atoms with Crippen molar-refractivity contribution in [3.8, 4) is 0 Å². The number of hydrogen-bond donors (Lipinski definition) is 1. The van der Waals surface area contributed by atoms with Gasteiger partial charge < -0.3 is 5.32 Å². The molecule has 0 atom stereocenters. The summed E-state index contributed by atoms with van der Waals surface area (Å²) in [5, 5.41) is 3.25. The van der Waals surface area contributed by atoms with E-state index >= 15 is 0 Å². The fraction of sp³-hybridized carbons (Fsp3) is 0.714. The van der Waals surface area contributed by atoms with Gasteiger partial charge in [-0.3, -0.25) is 4.90 Å². The lowest BCUT2D eigenvalue weighted by molar-refractivity contribution is 0.302. The van der Waals surface area contributed by atoms with Crippen LogP contribution in [0.2, 0.25) is 0 Å². The van der Waals surface area contributed by atoms with Gasteiger partial charge in [0.25, 0.3) is 0 Å². The Bertz CT molecular complexity index is 146. The van der Waals surface area contributed by atoms with Crippen LogP contribution in [0, 0.1) is 0 Å². The topological polar surface area (TPSA) is 15.3 Å². The van der Waals surface area contributed by atoms with E-state index in [2.05, 4.69) is 17.3 Å². The molecule has 0 aromatic carbocycles. The summed E-state index contributed by atoms with van der Waals surface area (Å²) < 4.78 is 0. The van der Waals surface area contributed by atoms with Gasteiger partial charge in [-0.1, -0.05) is 0 Å². The summed E-state index contributed by atoms with van der Waals surface area (Å²) in [5.41, 5.74) is 3.34. The Balaban J connectivity index is 1.99. The van der Waals surface area contributed by atoms with E-state index in [1.165, 1.54) is 13.1 Å². The smallest absolute Gasteiger partial charge is 0.0209 e. The molecule has 0 aromatic rings. The molecule has 2 aliphatic heterocycles. The maximum Gasteiger partial charge on any atom is 0.0209 e. The van der Waals surface area contributed by atoms with Crippen LogP contribution in [0.15, 0.2) is 11.1 Å². The van der Waals surface area contributed by atoms with Gasteiger partial charge in [-0.05, 0) is 18.2 Å². The van der Waals surface area contributed by atoms with Gasteiger partial charge in [0.1, 0.15) is 0 Å². The zero-order chi connectivity index (χ0) is 6.27. The molecule has 0 saturated carbocycles. The van der Waals surface area contributed by atoms with Crippen LogP contribution in [-0.4, -0.2) is 38.1 Å². The van der Waals surface area contributed by atoms with E-state index in [0.717, 1.165) is 13.1 Å². The van der Waals surface area contributed by atoms with Crippen molar-refractivity contribution in [3.63, 3.8) is 0 Å². The summed E-state index contributed by atoms with van der Waals surface area (Å²) in [6.45, 7) is 4.75. The Morgan fingerprint density at radius 3 is 2.22 bits per heavy atom.